The summed E-state index contributed by atoms with van der Waals surface area (Å²) < 4.78 is 5.90. The van der Waals surface area contributed by atoms with E-state index < -0.39 is 0 Å². The van der Waals surface area contributed by atoms with E-state index in [-0.39, 0.29) is 5.84 Å². The molecule has 2 fully saturated rings. The van der Waals surface area contributed by atoms with Gasteiger partial charge in [0.25, 0.3) is 0 Å². The summed E-state index contributed by atoms with van der Waals surface area (Å²) in [5.41, 5.74) is 7.30. The van der Waals surface area contributed by atoms with Crippen molar-refractivity contribution in [2.24, 2.45) is 10.9 Å². The molecule has 3 rings (SSSR count). The Bertz CT molecular complexity index is 544. The Morgan fingerprint density at radius 2 is 2.24 bits per heavy atom. The zero-order chi connectivity index (χ0) is 14.8. The number of nitrogens with zero attached hydrogens (tertiary/aromatic N) is 3. The van der Waals surface area contributed by atoms with Gasteiger partial charge in [-0.2, -0.15) is 0 Å². The maximum Gasteiger partial charge on any atom is 0.170 e. The molecule has 1 saturated carbocycles. The summed E-state index contributed by atoms with van der Waals surface area (Å²) >= 11 is 0. The highest BCUT2D eigenvalue weighted by Crippen LogP contribution is 2.31. The maximum atomic E-state index is 8.88. The van der Waals surface area contributed by atoms with Gasteiger partial charge >= 0.3 is 0 Å². The molecule has 1 aliphatic heterocycles. The van der Waals surface area contributed by atoms with E-state index in [1.54, 1.807) is 0 Å². The van der Waals surface area contributed by atoms with Crippen molar-refractivity contribution in [2.45, 2.75) is 44.8 Å². The first-order valence-electron chi connectivity index (χ1n) is 7.54. The molecule has 3 N–H and O–H groups in total. The molecular formula is C15H22N4O2. The van der Waals surface area contributed by atoms with Crippen LogP contribution in [0, 0.1) is 6.92 Å². The lowest BCUT2D eigenvalue weighted by Crippen LogP contribution is -2.53. The number of hydrogen-bond donors (Lipinski definition) is 2. The van der Waals surface area contributed by atoms with Crippen molar-refractivity contribution >= 4 is 11.7 Å². The van der Waals surface area contributed by atoms with E-state index in [9.17, 15) is 0 Å². The minimum atomic E-state index is 0.121. The molecule has 6 nitrogen and oxygen atoms in total. The van der Waals surface area contributed by atoms with Crippen LogP contribution in [0.25, 0.3) is 0 Å². The van der Waals surface area contributed by atoms with Crippen LogP contribution in [-0.2, 0) is 4.74 Å². The molecular weight excluding hydrogens is 268 g/mol. The lowest BCUT2D eigenvalue weighted by Gasteiger charge is -2.44. The fourth-order valence-corrected chi connectivity index (χ4v) is 3.38. The van der Waals surface area contributed by atoms with Crippen LogP contribution in [0.15, 0.2) is 17.3 Å². The summed E-state index contributed by atoms with van der Waals surface area (Å²) in [5, 5.41) is 12.0. The van der Waals surface area contributed by atoms with E-state index in [0.717, 1.165) is 37.5 Å². The normalized spacial score (nSPS) is 26.5. The molecule has 0 aromatic carbocycles. The third-order valence-corrected chi connectivity index (χ3v) is 4.37. The predicted molar refractivity (Wildman–Crippen MR) is 80.8 cm³/mol. The summed E-state index contributed by atoms with van der Waals surface area (Å²) in [5.74, 6) is 1.02. The number of pyridine rings is 1. The van der Waals surface area contributed by atoms with Crippen LogP contribution in [0.5, 0.6) is 0 Å². The second-order valence-corrected chi connectivity index (χ2v) is 5.80. The minimum absolute atomic E-state index is 0.121. The molecule has 1 aliphatic carbocycles. The molecule has 1 saturated heterocycles. The summed E-state index contributed by atoms with van der Waals surface area (Å²) in [6.45, 7) is 3.50. The summed E-state index contributed by atoms with van der Waals surface area (Å²) in [7, 11) is 0. The van der Waals surface area contributed by atoms with Gasteiger partial charge in [0, 0.05) is 17.8 Å². The standard InChI is InChI=1S/C15H22N4O2/c1-10-8-11(15(16)18-20)9-14(17-10)19-6-7-21-13-5-3-2-4-12(13)19/h8-9,12-13,20H,2-7H2,1H3,(H2,16,18). The third-order valence-electron chi connectivity index (χ3n) is 4.37. The van der Waals surface area contributed by atoms with Gasteiger partial charge in [-0.3, -0.25) is 0 Å². The SMILES string of the molecule is Cc1cc(/C(N)=N/O)cc(N2CCOC3CCCCC32)n1. The molecule has 1 aromatic rings. The van der Waals surface area contributed by atoms with E-state index in [1.807, 2.05) is 19.1 Å². The first kappa shape index (κ1) is 14.1. The Morgan fingerprint density at radius 3 is 3.05 bits per heavy atom. The second kappa shape index (κ2) is 5.89. The fourth-order valence-electron chi connectivity index (χ4n) is 3.38. The number of nitrogens with two attached hydrogens (primary N) is 1. The van der Waals surface area contributed by atoms with Crippen LogP contribution in [-0.4, -0.2) is 41.3 Å². The number of oxime groups is 1. The number of aromatic nitrogens is 1. The average molecular weight is 290 g/mol. The van der Waals surface area contributed by atoms with Crippen LogP contribution in [0.3, 0.4) is 0 Å². The number of amidine groups is 1. The Labute approximate surface area is 124 Å². The Morgan fingerprint density at radius 1 is 1.43 bits per heavy atom. The second-order valence-electron chi connectivity index (χ2n) is 5.80. The number of ether oxygens (including phenoxy) is 1. The van der Waals surface area contributed by atoms with Gasteiger partial charge in [-0.15, -0.1) is 0 Å². The molecule has 0 bridgehead atoms. The Hall–Kier alpha value is -1.82. The third kappa shape index (κ3) is 2.81. The molecule has 2 atom stereocenters. The van der Waals surface area contributed by atoms with Crippen molar-refractivity contribution in [3.05, 3.63) is 23.4 Å². The lowest BCUT2D eigenvalue weighted by atomic mass is 9.90. The lowest BCUT2D eigenvalue weighted by molar-refractivity contribution is -0.00899. The monoisotopic (exact) mass is 290 g/mol. The summed E-state index contributed by atoms with van der Waals surface area (Å²) in [6.07, 6.45) is 5.05. The number of anilines is 1. The fraction of sp³-hybridized carbons (Fsp3) is 0.600. The molecule has 6 heteroatoms. The summed E-state index contributed by atoms with van der Waals surface area (Å²) in [6, 6.07) is 4.12. The van der Waals surface area contributed by atoms with E-state index in [0.29, 0.717) is 17.7 Å². The zero-order valence-corrected chi connectivity index (χ0v) is 12.3. The van der Waals surface area contributed by atoms with Crippen LogP contribution < -0.4 is 10.6 Å². The molecule has 0 spiro atoms. The van der Waals surface area contributed by atoms with Crippen molar-refractivity contribution in [3.63, 3.8) is 0 Å². The van der Waals surface area contributed by atoms with Crippen LogP contribution in [0.1, 0.15) is 36.9 Å². The topological polar surface area (TPSA) is 84.0 Å². The van der Waals surface area contributed by atoms with Gasteiger partial charge in [0.1, 0.15) is 5.82 Å². The van der Waals surface area contributed by atoms with Crippen molar-refractivity contribution in [3.8, 4) is 0 Å². The molecule has 2 heterocycles. The van der Waals surface area contributed by atoms with E-state index >= 15 is 0 Å². The molecule has 114 valence electrons. The first-order chi connectivity index (χ1) is 10.2. The van der Waals surface area contributed by atoms with E-state index in [1.165, 1.54) is 12.8 Å². The summed E-state index contributed by atoms with van der Waals surface area (Å²) in [4.78, 5) is 6.97. The molecule has 0 amide bonds. The Balaban J connectivity index is 1.93. The zero-order valence-electron chi connectivity index (χ0n) is 12.3. The van der Waals surface area contributed by atoms with Crippen molar-refractivity contribution in [1.82, 2.24) is 4.98 Å². The van der Waals surface area contributed by atoms with Gasteiger partial charge in [0.2, 0.25) is 0 Å². The highest BCUT2D eigenvalue weighted by molar-refractivity contribution is 5.97. The van der Waals surface area contributed by atoms with Crippen molar-refractivity contribution in [1.29, 1.82) is 0 Å². The van der Waals surface area contributed by atoms with Gasteiger partial charge in [-0.05, 0) is 31.9 Å². The van der Waals surface area contributed by atoms with Gasteiger partial charge < -0.3 is 20.6 Å². The quantitative estimate of drug-likeness (QED) is 0.374. The molecule has 2 aliphatic rings. The molecule has 2 unspecified atom stereocenters. The minimum Gasteiger partial charge on any atom is -0.409 e. The first-order valence-corrected chi connectivity index (χ1v) is 7.54. The molecule has 0 radical (unpaired) electrons. The highest BCUT2D eigenvalue weighted by atomic mass is 16.5. The van der Waals surface area contributed by atoms with Gasteiger partial charge in [0.05, 0.1) is 18.8 Å². The molecule has 1 aromatic heterocycles. The van der Waals surface area contributed by atoms with Gasteiger partial charge in [0.15, 0.2) is 5.84 Å². The average Bonchev–Trinajstić information content (AvgIpc) is 2.53. The van der Waals surface area contributed by atoms with E-state index in [4.69, 9.17) is 15.7 Å². The van der Waals surface area contributed by atoms with Crippen LogP contribution in [0.4, 0.5) is 5.82 Å². The van der Waals surface area contributed by atoms with Gasteiger partial charge in [-0.25, -0.2) is 4.98 Å². The largest absolute Gasteiger partial charge is 0.409 e. The Kier molecular flexibility index (Phi) is 3.96. The maximum absolute atomic E-state index is 8.88. The van der Waals surface area contributed by atoms with Crippen LogP contribution in [0.2, 0.25) is 0 Å². The number of rotatable bonds is 2. The number of morpholine rings is 1. The number of hydrogen-bond acceptors (Lipinski definition) is 5. The number of fused-ring (bicyclic) bond motifs is 1. The smallest absolute Gasteiger partial charge is 0.170 e. The predicted octanol–water partition coefficient (Wildman–Crippen LogP) is 1.63. The van der Waals surface area contributed by atoms with Crippen molar-refractivity contribution in [2.75, 3.05) is 18.1 Å². The number of aryl methyl sites for hydroxylation is 1. The molecule has 21 heavy (non-hydrogen) atoms. The van der Waals surface area contributed by atoms with E-state index in [2.05, 4.69) is 15.0 Å². The van der Waals surface area contributed by atoms with Gasteiger partial charge in [-0.1, -0.05) is 18.0 Å². The highest BCUT2D eigenvalue weighted by Gasteiger charge is 2.35. The van der Waals surface area contributed by atoms with Crippen molar-refractivity contribution < 1.29 is 9.94 Å². The van der Waals surface area contributed by atoms with Crippen LogP contribution >= 0.6 is 0 Å².